The van der Waals surface area contributed by atoms with E-state index in [4.69, 9.17) is 0 Å². The van der Waals surface area contributed by atoms with Gasteiger partial charge in [-0.1, -0.05) is 78.9 Å². The van der Waals surface area contributed by atoms with Crippen LogP contribution in [0.25, 0.3) is 0 Å². The van der Waals surface area contributed by atoms with Crippen LogP contribution >= 0.6 is 0 Å². The monoisotopic (exact) mass is 345 g/mol. The number of nitrogens with one attached hydrogen (secondary N) is 1. The molecule has 130 valence electrons. The SMILES string of the molecule is O=C(NC[C@@H](O)c1ccccc1)c1ccccc1C(=O)c1ccccc1. The van der Waals surface area contributed by atoms with E-state index in [0.29, 0.717) is 16.7 Å². The second-order valence-electron chi connectivity index (χ2n) is 5.88. The lowest BCUT2D eigenvalue weighted by atomic mass is 9.98. The zero-order chi connectivity index (χ0) is 18.4. The van der Waals surface area contributed by atoms with Crippen molar-refractivity contribution in [1.82, 2.24) is 5.32 Å². The maximum Gasteiger partial charge on any atom is 0.252 e. The fourth-order valence-corrected chi connectivity index (χ4v) is 2.70. The lowest BCUT2D eigenvalue weighted by molar-refractivity contribution is 0.0908. The molecule has 26 heavy (non-hydrogen) atoms. The van der Waals surface area contributed by atoms with Crippen LogP contribution < -0.4 is 5.32 Å². The first-order chi connectivity index (χ1) is 12.7. The van der Waals surface area contributed by atoms with E-state index in [1.54, 1.807) is 60.7 Å². The minimum Gasteiger partial charge on any atom is -0.387 e. The number of rotatable bonds is 6. The highest BCUT2D eigenvalue weighted by atomic mass is 16.3. The second-order valence-corrected chi connectivity index (χ2v) is 5.88. The minimum atomic E-state index is -0.808. The fourth-order valence-electron chi connectivity index (χ4n) is 2.70. The second kappa shape index (κ2) is 8.23. The first-order valence-corrected chi connectivity index (χ1v) is 8.37. The number of benzene rings is 3. The van der Waals surface area contributed by atoms with E-state index in [2.05, 4.69) is 5.32 Å². The Bertz CT molecular complexity index is 892. The topological polar surface area (TPSA) is 66.4 Å². The van der Waals surface area contributed by atoms with Crippen molar-refractivity contribution in [2.45, 2.75) is 6.10 Å². The molecule has 0 spiro atoms. The third kappa shape index (κ3) is 4.05. The zero-order valence-electron chi connectivity index (χ0n) is 14.1. The molecule has 0 unspecified atom stereocenters. The molecular formula is C22H19NO3. The van der Waals surface area contributed by atoms with Crippen LogP contribution in [0.1, 0.15) is 37.9 Å². The summed E-state index contributed by atoms with van der Waals surface area (Å²) < 4.78 is 0. The normalized spacial score (nSPS) is 11.6. The minimum absolute atomic E-state index is 0.0662. The van der Waals surface area contributed by atoms with Gasteiger partial charge < -0.3 is 10.4 Å². The number of amides is 1. The number of aliphatic hydroxyl groups is 1. The highest BCUT2D eigenvalue weighted by Crippen LogP contribution is 2.16. The summed E-state index contributed by atoms with van der Waals surface area (Å²) in [5, 5.41) is 12.9. The van der Waals surface area contributed by atoms with Crippen LogP contribution in [0.5, 0.6) is 0 Å². The van der Waals surface area contributed by atoms with Crippen molar-refractivity contribution in [1.29, 1.82) is 0 Å². The van der Waals surface area contributed by atoms with Gasteiger partial charge in [-0.3, -0.25) is 9.59 Å². The van der Waals surface area contributed by atoms with Gasteiger partial charge in [0.1, 0.15) is 0 Å². The van der Waals surface area contributed by atoms with Gasteiger partial charge in [0.05, 0.1) is 11.7 Å². The number of ketones is 1. The van der Waals surface area contributed by atoms with Crippen LogP contribution in [0.2, 0.25) is 0 Å². The molecule has 0 heterocycles. The highest BCUT2D eigenvalue weighted by Gasteiger charge is 2.18. The number of hydrogen-bond donors (Lipinski definition) is 2. The van der Waals surface area contributed by atoms with Gasteiger partial charge in [-0.2, -0.15) is 0 Å². The van der Waals surface area contributed by atoms with Gasteiger partial charge in [0.15, 0.2) is 5.78 Å². The molecule has 4 nitrogen and oxygen atoms in total. The van der Waals surface area contributed by atoms with Gasteiger partial charge in [-0.25, -0.2) is 0 Å². The molecule has 0 saturated carbocycles. The Kier molecular flexibility index (Phi) is 5.56. The molecule has 0 aliphatic heterocycles. The van der Waals surface area contributed by atoms with Crippen LogP contribution in [0, 0.1) is 0 Å². The molecule has 3 aromatic carbocycles. The van der Waals surface area contributed by atoms with E-state index in [0.717, 1.165) is 5.56 Å². The van der Waals surface area contributed by atoms with Crippen LogP contribution in [-0.2, 0) is 0 Å². The molecular weight excluding hydrogens is 326 g/mol. The van der Waals surface area contributed by atoms with Crippen LogP contribution in [0.4, 0.5) is 0 Å². The standard InChI is InChI=1S/C22H19NO3/c24-20(16-9-3-1-4-10-16)15-23-22(26)19-14-8-7-13-18(19)21(25)17-11-5-2-6-12-17/h1-14,20,24H,15H2,(H,23,26)/t20-/m1/s1. The average molecular weight is 345 g/mol. The molecule has 0 fully saturated rings. The fraction of sp³-hybridized carbons (Fsp3) is 0.0909. The van der Waals surface area contributed by atoms with E-state index in [1.165, 1.54) is 0 Å². The summed E-state index contributed by atoms with van der Waals surface area (Å²) in [5.74, 6) is -0.597. The predicted molar refractivity (Wildman–Crippen MR) is 100 cm³/mol. The molecule has 0 radical (unpaired) electrons. The predicted octanol–water partition coefficient (Wildman–Crippen LogP) is 3.38. The number of carbonyl (C=O) groups is 2. The average Bonchev–Trinajstić information content (AvgIpc) is 2.72. The molecule has 1 amide bonds. The van der Waals surface area contributed by atoms with Gasteiger partial charge in [-0.05, 0) is 11.6 Å². The Balaban J connectivity index is 1.75. The Morgan fingerprint density at radius 3 is 1.96 bits per heavy atom. The number of hydrogen-bond acceptors (Lipinski definition) is 3. The molecule has 3 rings (SSSR count). The lowest BCUT2D eigenvalue weighted by Crippen LogP contribution is -2.29. The summed E-state index contributed by atoms with van der Waals surface area (Å²) in [6, 6.07) is 24.6. The first-order valence-electron chi connectivity index (χ1n) is 8.37. The zero-order valence-corrected chi connectivity index (χ0v) is 14.1. The molecule has 0 aliphatic rings. The Labute approximate surface area is 152 Å². The van der Waals surface area contributed by atoms with Gasteiger partial charge >= 0.3 is 0 Å². The third-order valence-corrected chi connectivity index (χ3v) is 4.09. The summed E-state index contributed by atoms with van der Waals surface area (Å²) >= 11 is 0. The number of carbonyl (C=O) groups excluding carboxylic acids is 2. The first kappa shape index (κ1) is 17.6. The van der Waals surface area contributed by atoms with E-state index in [9.17, 15) is 14.7 Å². The highest BCUT2D eigenvalue weighted by molar-refractivity contribution is 6.15. The van der Waals surface area contributed by atoms with Crippen LogP contribution in [-0.4, -0.2) is 23.3 Å². The molecule has 0 aromatic heterocycles. The molecule has 0 saturated heterocycles. The Morgan fingerprint density at radius 1 is 0.769 bits per heavy atom. The van der Waals surface area contributed by atoms with Crippen molar-refractivity contribution in [3.05, 3.63) is 107 Å². The van der Waals surface area contributed by atoms with Crippen LogP contribution in [0.3, 0.4) is 0 Å². The molecule has 1 atom stereocenters. The molecule has 0 bridgehead atoms. The maximum absolute atomic E-state index is 12.7. The van der Waals surface area contributed by atoms with Crippen molar-refractivity contribution in [2.24, 2.45) is 0 Å². The Morgan fingerprint density at radius 2 is 1.31 bits per heavy atom. The van der Waals surface area contributed by atoms with Gasteiger partial charge in [0, 0.05) is 17.7 Å². The van der Waals surface area contributed by atoms with Gasteiger partial charge in [0.2, 0.25) is 0 Å². The summed E-state index contributed by atoms with van der Waals surface area (Å²) in [6.07, 6.45) is -0.808. The van der Waals surface area contributed by atoms with Crippen LogP contribution in [0.15, 0.2) is 84.9 Å². The van der Waals surface area contributed by atoms with Crippen molar-refractivity contribution < 1.29 is 14.7 Å². The largest absolute Gasteiger partial charge is 0.387 e. The Hall–Kier alpha value is -3.24. The lowest BCUT2D eigenvalue weighted by Gasteiger charge is -2.13. The van der Waals surface area contributed by atoms with Crippen molar-refractivity contribution in [2.75, 3.05) is 6.54 Å². The van der Waals surface area contributed by atoms with Gasteiger partial charge in [-0.15, -0.1) is 0 Å². The summed E-state index contributed by atoms with van der Waals surface area (Å²) in [6.45, 7) is 0.0662. The van der Waals surface area contributed by atoms with Crippen molar-refractivity contribution in [3.63, 3.8) is 0 Å². The van der Waals surface area contributed by atoms with Crippen molar-refractivity contribution in [3.8, 4) is 0 Å². The number of aliphatic hydroxyl groups excluding tert-OH is 1. The van der Waals surface area contributed by atoms with E-state index < -0.39 is 6.10 Å². The van der Waals surface area contributed by atoms with E-state index in [-0.39, 0.29) is 18.2 Å². The molecule has 2 N–H and O–H groups in total. The summed E-state index contributed by atoms with van der Waals surface area (Å²) in [7, 11) is 0. The van der Waals surface area contributed by atoms with E-state index in [1.807, 2.05) is 24.3 Å². The van der Waals surface area contributed by atoms with E-state index >= 15 is 0 Å². The molecule has 4 heteroatoms. The van der Waals surface area contributed by atoms with Crippen molar-refractivity contribution >= 4 is 11.7 Å². The summed E-state index contributed by atoms with van der Waals surface area (Å²) in [4.78, 5) is 25.3. The maximum atomic E-state index is 12.7. The van der Waals surface area contributed by atoms with Gasteiger partial charge in [0.25, 0.3) is 5.91 Å². The summed E-state index contributed by atoms with van der Waals surface area (Å²) in [5.41, 5.74) is 1.88. The third-order valence-electron chi connectivity index (χ3n) is 4.09. The molecule has 3 aromatic rings. The smallest absolute Gasteiger partial charge is 0.252 e. The quantitative estimate of drug-likeness (QED) is 0.673. The molecule has 0 aliphatic carbocycles.